The van der Waals surface area contributed by atoms with Gasteiger partial charge in [0.2, 0.25) is 5.91 Å². The van der Waals surface area contributed by atoms with Gasteiger partial charge >= 0.3 is 0 Å². The fraction of sp³-hybridized carbons (Fsp3) is 0.412. The van der Waals surface area contributed by atoms with Crippen molar-refractivity contribution < 1.29 is 4.79 Å². The average molecular weight is 309 g/mol. The minimum atomic E-state index is -0.0895. The summed E-state index contributed by atoms with van der Waals surface area (Å²) in [4.78, 5) is 18.7. The number of amides is 1. The Bertz CT molecular complexity index is 747. The molecule has 0 fully saturated rings. The average Bonchev–Trinajstić information content (AvgIpc) is 2.93. The maximum absolute atomic E-state index is 12.6. The molecule has 2 rings (SSSR count). The van der Waals surface area contributed by atoms with Gasteiger partial charge in [0.15, 0.2) is 0 Å². The van der Waals surface area contributed by atoms with Crippen LogP contribution in [0.15, 0.2) is 24.3 Å². The quantitative estimate of drug-likeness (QED) is 0.785. The summed E-state index contributed by atoms with van der Waals surface area (Å²) in [7, 11) is 0. The molecule has 0 bridgehead atoms. The van der Waals surface area contributed by atoms with Crippen LogP contribution in [0, 0.1) is 22.7 Å². The molecule has 0 saturated carbocycles. The Hall–Kier alpha value is -2.86. The summed E-state index contributed by atoms with van der Waals surface area (Å²) in [5.74, 6) is 0.772. The molecule has 0 N–H and O–H groups in total. The molecule has 1 heterocycles. The molecule has 23 heavy (non-hydrogen) atoms. The van der Waals surface area contributed by atoms with Gasteiger partial charge in [-0.25, -0.2) is 4.98 Å². The summed E-state index contributed by atoms with van der Waals surface area (Å²) in [6.45, 7) is 2.89. The molecule has 0 aliphatic carbocycles. The van der Waals surface area contributed by atoms with E-state index in [1.165, 1.54) is 0 Å². The fourth-order valence-corrected chi connectivity index (χ4v) is 2.54. The Labute approximate surface area is 135 Å². The lowest BCUT2D eigenvalue weighted by atomic mass is 10.3. The molecule has 1 aromatic heterocycles. The Balaban J connectivity index is 2.23. The van der Waals surface area contributed by atoms with Crippen molar-refractivity contribution in [1.82, 2.24) is 14.5 Å². The molecular weight excluding hydrogens is 290 g/mol. The van der Waals surface area contributed by atoms with Crippen molar-refractivity contribution in [3.05, 3.63) is 30.1 Å². The van der Waals surface area contributed by atoms with Gasteiger partial charge in [-0.1, -0.05) is 19.1 Å². The number of imidazole rings is 1. The van der Waals surface area contributed by atoms with Crippen LogP contribution in [0.4, 0.5) is 0 Å². The van der Waals surface area contributed by atoms with Crippen molar-refractivity contribution in [3.63, 3.8) is 0 Å². The van der Waals surface area contributed by atoms with Crippen molar-refractivity contribution in [3.8, 4) is 12.1 Å². The van der Waals surface area contributed by atoms with E-state index in [1.54, 1.807) is 4.90 Å². The third kappa shape index (κ3) is 3.87. The number of carbonyl (C=O) groups excluding carboxylic acids is 1. The molecule has 0 aliphatic rings. The lowest BCUT2D eigenvalue weighted by molar-refractivity contribution is -0.131. The first-order chi connectivity index (χ1) is 11.2. The molecular formula is C17H19N5O. The summed E-state index contributed by atoms with van der Waals surface area (Å²) in [6.07, 6.45) is 1.27. The minimum absolute atomic E-state index is 0.0895. The van der Waals surface area contributed by atoms with Crippen LogP contribution in [-0.2, 0) is 17.8 Å². The predicted molar refractivity (Wildman–Crippen MR) is 86.2 cm³/mol. The van der Waals surface area contributed by atoms with Gasteiger partial charge in [0.1, 0.15) is 12.4 Å². The molecule has 0 unspecified atom stereocenters. The Morgan fingerprint density at radius 2 is 1.87 bits per heavy atom. The highest BCUT2D eigenvalue weighted by atomic mass is 16.2. The van der Waals surface area contributed by atoms with Gasteiger partial charge < -0.3 is 9.47 Å². The number of hydrogen-bond donors (Lipinski definition) is 0. The van der Waals surface area contributed by atoms with Gasteiger partial charge in [-0.3, -0.25) is 4.79 Å². The topological polar surface area (TPSA) is 85.7 Å². The van der Waals surface area contributed by atoms with Crippen molar-refractivity contribution in [2.75, 3.05) is 13.1 Å². The van der Waals surface area contributed by atoms with Gasteiger partial charge in [-0.05, 0) is 12.1 Å². The third-order valence-corrected chi connectivity index (χ3v) is 3.68. The number of nitrogens with zero attached hydrogens (tertiary/aromatic N) is 5. The number of aryl methyl sites for hydroxylation is 1. The van der Waals surface area contributed by atoms with E-state index in [9.17, 15) is 4.79 Å². The SMILES string of the molecule is CCc1nc2ccccc2n1CC(=O)N(CCC#N)CCC#N. The van der Waals surface area contributed by atoms with E-state index in [-0.39, 0.29) is 25.3 Å². The molecule has 1 aromatic carbocycles. The van der Waals surface area contributed by atoms with Crippen LogP contribution in [0.5, 0.6) is 0 Å². The van der Waals surface area contributed by atoms with E-state index in [4.69, 9.17) is 10.5 Å². The Kier molecular flexibility index (Phi) is 5.71. The summed E-state index contributed by atoms with van der Waals surface area (Å²) < 4.78 is 1.92. The highest BCUT2D eigenvalue weighted by Gasteiger charge is 2.17. The molecule has 0 atom stereocenters. The second-order valence-corrected chi connectivity index (χ2v) is 5.15. The monoisotopic (exact) mass is 309 g/mol. The molecule has 6 heteroatoms. The zero-order valence-corrected chi connectivity index (χ0v) is 13.2. The van der Waals surface area contributed by atoms with Crippen molar-refractivity contribution in [2.24, 2.45) is 0 Å². The number of para-hydroxylation sites is 2. The lowest BCUT2D eigenvalue weighted by Crippen LogP contribution is -2.35. The predicted octanol–water partition coefficient (Wildman–Crippen LogP) is 2.25. The molecule has 0 saturated heterocycles. The van der Waals surface area contributed by atoms with Crippen LogP contribution in [0.2, 0.25) is 0 Å². The second-order valence-electron chi connectivity index (χ2n) is 5.15. The number of fused-ring (bicyclic) bond motifs is 1. The highest BCUT2D eigenvalue weighted by Crippen LogP contribution is 2.17. The molecule has 6 nitrogen and oxygen atoms in total. The number of aromatic nitrogens is 2. The van der Waals surface area contributed by atoms with Crippen molar-refractivity contribution >= 4 is 16.9 Å². The largest absolute Gasteiger partial charge is 0.339 e. The van der Waals surface area contributed by atoms with Gasteiger partial charge in [0, 0.05) is 19.5 Å². The van der Waals surface area contributed by atoms with E-state index in [0.717, 1.165) is 23.3 Å². The van der Waals surface area contributed by atoms with Gasteiger partial charge in [0.05, 0.1) is 36.0 Å². The van der Waals surface area contributed by atoms with E-state index in [0.29, 0.717) is 13.1 Å². The first-order valence-corrected chi connectivity index (χ1v) is 7.67. The Morgan fingerprint density at radius 3 is 2.48 bits per heavy atom. The van der Waals surface area contributed by atoms with Crippen LogP contribution < -0.4 is 0 Å². The molecule has 2 aromatic rings. The number of carbonyl (C=O) groups is 1. The first kappa shape index (κ1) is 16.5. The third-order valence-electron chi connectivity index (χ3n) is 3.68. The number of benzene rings is 1. The van der Waals surface area contributed by atoms with Crippen LogP contribution in [0.1, 0.15) is 25.6 Å². The van der Waals surface area contributed by atoms with Crippen LogP contribution >= 0.6 is 0 Å². The molecule has 0 radical (unpaired) electrons. The van der Waals surface area contributed by atoms with Gasteiger partial charge in [0.25, 0.3) is 0 Å². The lowest BCUT2D eigenvalue weighted by Gasteiger charge is -2.21. The zero-order valence-electron chi connectivity index (χ0n) is 13.2. The fourth-order valence-electron chi connectivity index (χ4n) is 2.54. The Morgan fingerprint density at radius 1 is 1.22 bits per heavy atom. The van der Waals surface area contributed by atoms with Crippen LogP contribution in [-0.4, -0.2) is 33.4 Å². The van der Waals surface area contributed by atoms with Crippen molar-refractivity contribution in [1.29, 1.82) is 10.5 Å². The maximum atomic E-state index is 12.6. The van der Waals surface area contributed by atoms with Crippen LogP contribution in [0.3, 0.4) is 0 Å². The number of hydrogen-bond acceptors (Lipinski definition) is 4. The molecule has 1 amide bonds. The maximum Gasteiger partial charge on any atom is 0.242 e. The summed E-state index contributed by atoms with van der Waals surface area (Å²) in [5.41, 5.74) is 1.80. The standard InChI is InChI=1S/C17H19N5O/c1-2-16-20-14-7-3-4-8-15(14)22(16)13-17(23)21(11-5-9-18)12-6-10-19/h3-4,7-8H,2,5-6,11-13H2,1H3. The normalized spacial score (nSPS) is 10.2. The first-order valence-electron chi connectivity index (χ1n) is 7.67. The number of rotatable bonds is 7. The minimum Gasteiger partial charge on any atom is -0.339 e. The van der Waals surface area contributed by atoms with E-state index < -0.39 is 0 Å². The smallest absolute Gasteiger partial charge is 0.242 e. The summed E-state index contributed by atoms with van der Waals surface area (Å²) >= 11 is 0. The van der Waals surface area contributed by atoms with E-state index >= 15 is 0 Å². The highest BCUT2D eigenvalue weighted by molar-refractivity contribution is 5.81. The van der Waals surface area contributed by atoms with Gasteiger partial charge in [-0.15, -0.1) is 0 Å². The summed E-state index contributed by atoms with van der Waals surface area (Å²) in [5, 5.41) is 17.5. The van der Waals surface area contributed by atoms with E-state index in [2.05, 4.69) is 4.98 Å². The van der Waals surface area contributed by atoms with Crippen molar-refractivity contribution in [2.45, 2.75) is 32.7 Å². The second kappa shape index (κ2) is 7.95. The number of nitriles is 2. The van der Waals surface area contributed by atoms with Crippen LogP contribution in [0.25, 0.3) is 11.0 Å². The molecule has 118 valence electrons. The molecule has 0 aliphatic heterocycles. The van der Waals surface area contributed by atoms with Gasteiger partial charge in [-0.2, -0.15) is 10.5 Å². The zero-order chi connectivity index (χ0) is 16.7. The van der Waals surface area contributed by atoms with E-state index in [1.807, 2.05) is 47.9 Å². The molecule has 0 spiro atoms. The summed E-state index contributed by atoms with van der Waals surface area (Å²) in [6, 6.07) is 11.8.